The van der Waals surface area contributed by atoms with Gasteiger partial charge in [-0.1, -0.05) is 97.1 Å². The number of benzene rings is 6. The molecule has 53 heavy (non-hydrogen) atoms. The molecule has 1 aromatic heterocycles. The summed E-state index contributed by atoms with van der Waals surface area (Å²) >= 11 is 0. The molecule has 1 heterocycles. The van der Waals surface area contributed by atoms with Crippen LogP contribution < -0.4 is 14.4 Å². The van der Waals surface area contributed by atoms with Gasteiger partial charge in [-0.05, 0) is 102 Å². The summed E-state index contributed by atoms with van der Waals surface area (Å²) in [7, 11) is 0. The Bertz CT molecular complexity index is 2040. The number of hydrogen-bond donors (Lipinski definition) is 0. The van der Waals surface area contributed by atoms with Gasteiger partial charge >= 0.3 is 6.18 Å². The Hall–Kier alpha value is -6.66. The molecule has 0 fully saturated rings. The third-order valence-corrected chi connectivity index (χ3v) is 8.75. The van der Waals surface area contributed by atoms with E-state index in [-0.39, 0.29) is 0 Å². The number of pyridine rings is 1. The molecular formula is C47H37F3N3+. The molecule has 7 rings (SSSR count). The molecule has 260 valence electrons. The molecule has 0 saturated heterocycles. The highest BCUT2D eigenvalue weighted by Crippen LogP contribution is 2.35. The first-order valence-electron chi connectivity index (χ1n) is 17.4. The van der Waals surface area contributed by atoms with Crippen LogP contribution >= 0.6 is 0 Å². The van der Waals surface area contributed by atoms with Crippen molar-refractivity contribution in [2.75, 3.05) is 9.80 Å². The lowest BCUT2D eigenvalue weighted by Crippen LogP contribution is -2.46. The number of nitrogens with zero attached hydrogens (tertiary/aromatic N) is 3. The summed E-state index contributed by atoms with van der Waals surface area (Å²) in [5.41, 5.74) is 8.67. The fourth-order valence-electron chi connectivity index (χ4n) is 6.26. The molecule has 0 atom stereocenters. The SMILES string of the molecule is FC(F)(F)C[n+]1c(/C=C/c2ccc(N(c3ccccc3)c3ccccc3)cc2)cccc1/C=C/c1ccc(N(c2ccccc2)c2ccccc2)cc1. The highest BCUT2D eigenvalue weighted by atomic mass is 19.4. The first kappa shape index (κ1) is 34.8. The average Bonchev–Trinajstić information content (AvgIpc) is 3.19. The number of anilines is 6. The second-order valence-electron chi connectivity index (χ2n) is 12.4. The predicted octanol–water partition coefficient (Wildman–Crippen LogP) is 12.8. The molecule has 0 N–H and O–H groups in total. The van der Waals surface area contributed by atoms with E-state index >= 15 is 0 Å². The van der Waals surface area contributed by atoms with Crippen molar-refractivity contribution in [3.8, 4) is 0 Å². The van der Waals surface area contributed by atoms with Gasteiger partial charge in [0, 0.05) is 58.4 Å². The van der Waals surface area contributed by atoms with Crippen molar-refractivity contribution in [1.82, 2.24) is 0 Å². The van der Waals surface area contributed by atoms with Crippen LogP contribution in [0.15, 0.2) is 188 Å². The molecule has 0 spiro atoms. The largest absolute Gasteiger partial charge is 0.448 e. The van der Waals surface area contributed by atoms with E-state index in [1.165, 1.54) is 4.57 Å². The van der Waals surface area contributed by atoms with Gasteiger partial charge in [0.2, 0.25) is 17.9 Å². The van der Waals surface area contributed by atoms with Gasteiger partial charge < -0.3 is 9.80 Å². The van der Waals surface area contributed by atoms with Gasteiger partial charge in [0.25, 0.3) is 0 Å². The summed E-state index contributed by atoms with van der Waals surface area (Å²) in [5, 5.41) is 0. The third kappa shape index (κ3) is 8.81. The summed E-state index contributed by atoms with van der Waals surface area (Å²) in [5.74, 6) is 0. The Labute approximate surface area is 308 Å². The van der Waals surface area contributed by atoms with Crippen molar-refractivity contribution in [3.05, 3.63) is 211 Å². The van der Waals surface area contributed by atoms with E-state index in [4.69, 9.17) is 0 Å². The maximum atomic E-state index is 13.9. The lowest BCUT2D eigenvalue weighted by atomic mass is 10.1. The maximum Gasteiger partial charge on any atom is 0.448 e. The highest BCUT2D eigenvalue weighted by Gasteiger charge is 2.35. The molecule has 0 unspecified atom stereocenters. The van der Waals surface area contributed by atoms with Gasteiger partial charge in [-0.2, -0.15) is 17.7 Å². The molecule has 3 nitrogen and oxygen atoms in total. The number of hydrogen-bond acceptors (Lipinski definition) is 2. The van der Waals surface area contributed by atoms with Crippen LogP contribution in [-0.4, -0.2) is 6.18 Å². The van der Waals surface area contributed by atoms with Crippen molar-refractivity contribution >= 4 is 58.4 Å². The van der Waals surface area contributed by atoms with E-state index in [2.05, 4.69) is 58.3 Å². The average molecular weight is 701 g/mol. The van der Waals surface area contributed by atoms with Gasteiger partial charge in [0.05, 0.1) is 0 Å². The minimum atomic E-state index is -4.41. The topological polar surface area (TPSA) is 10.4 Å². The van der Waals surface area contributed by atoms with E-state index in [0.29, 0.717) is 11.4 Å². The first-order chi connectivity index (χ1) is 25.9. The molecule has 0 bridgehead atoms. The van der Waals surface area contributed by atoms with Crippen molar-refractivity contribution in [3.63, 3.8) is 0 Å². The van der Waals surface area contributed by atoms with Crippen LogP contribution in [0.25, 0.3) is 24.3 Å². The lowest BCUT2D eigenvalue weighted by Gasteiger charge is -2.25. The van der Waals surface area contributed by atoms with Crippen molar-refractivity contribution < 1.29 is 17.7 Å². The van der Waals surface area contributed by atoms with Gasteiger partial charge in [-0.3, -0.25) is 0 Å². The van der Waals surface area contributed by atoms with Gasteiger partial charge in [0.1, 0.15) is 0 Å². The Kier molecular flexibility index (Phi) is 10.6. The minimum Gasteiger partial charge on any atom is -0.311 e. The zero-order valence-corrected chi connectivity index (χ0v) is 28.9. The minimum absolute atomic E-state index is 0.445. The third-order valence-electron chi connectivity index (χ3n) is 8.75. The van der Waals surface area contributed by atoms with E-state index in [9.17, 15) is 13.2 Å². The van der Waals surface area contributed by atoms with E-state index < -0.39 is 12.7 Å². The number of para-hydroxylation sites is 4. The molecule has 0 saturated carbocycles. The lowest BCUT2D eigenvalue weighted by molar-refractivity contribution is -0.722. The Morgan fingerprint density at radius 3 is 0.962 bits per heavy atom. The van der Waals surface area contributed by atoms with E-state index in [0.717, 1.165) is 45.3 Å². The highest BCUT2D eigenvalue weighted by molar-refractivity contribution is 5.79. The molecule has 0 radical (unpaired) electrons. The zero-order valence-electron chi connectivity index (χ0n) is 28.9. The standard InChI is InChI=1S/C47H37F3N3/c48-47(49,50)36-51-39(30-24-37-26-32-45(33-27-37)52(41-14-5-1-6-15-41)42-16-7-2-8-17-42)22-13-23-40(51)31-25-38-28-34-46(35-29-38)53(43-18-9-3-10-19-43)44-20-11-4-12-21-44/h1-35H,36H2/q+1. The number of aromatic nitrogens is 1. The monoisotopic (exact) mass is 700 g/mol. The normalized spacial score (nSPS) is 11.6. The van der Waals surface area contributed by atoms with Crippen LogP contribution in [-0.2, 0) is 6.54 Å². The van der Waals surface area contributed by atoms with Crippen LogP contribution in [0, 0.1) is 0 Å². The smallest absolute Gasteiger partial charge is 0.311 e. The van der Waals surface area contributed by atoms with Gasteiger partial charge in [-0.25, -0.2) is 0 Å². The molecule has 0 aliphatic rings. The van der Waals surface area contributed by atoms with Crippen LogP contribution in [0.5, 0.6) is 0 Å². The van der Waals surface area contributed by atoms with E-state index in [1.54, 1.807) is 30.4 Å². The Morgan fingerprint density at radius 1 is 0.358 bits per heavy atom. The summed E-state index contributed by atoms with van der Waals surface area (Å²) in [6, 6.07) is 61.6. The van der Waals surface area contributed by atoms with E-state index in [1.807, 2.05) is 133 Å². The molecule has 0 amide bonds. The van der Waals surface area contributed by atoms with Gasteiger partial charge in [-0.15, -0.1) is 0 Å². The van der Waals surface area contributed by atoms with Crippen LogP contribution in [0.1, 0.15) is 22.5 Å². The Morgan fingerprint density at radius 2 is 0.660 bits per heavy atom. The summed E-state index contributed by atoms with van der Waals surface area (Å²) < 4.78 is 43.1. The fraction of sp³-hybridized carbons (Fsp3) is 0.0426. The van der Waals surface area contributed by atoms with Crippen LogP contribution in [0.2, 0.25) is 0 Å². The maximum absolute atomic E-state index is 13.9. The summed E-state index contributed by atoms with van der Waals surface area (Å²) in [6.07, 6.45) is 2.76. The quantitative estimate of drug-likeness (QED) is 0.124. The number of rotatable bonds is 11. The molecular weight excluding hydrogens is 664 g/mol. The summed E-state index contributed by atoms with van der Waals surface area (Å²) in [4.78, 5) is 4.33. The molecule has 0 aliphatic heterocycles. The number of halogens is 3. The second kappa shape index (κ2) is 16.1. The van der Waals surface area contributed by atoms with Crippen molar-refractivity contribution in [1.29, 1.82) is 0 Å². The van der Waals surface area contributed by atoms with Crippen molar-refractivity contribution in [2.45, 2.75) is 12.7 Å². The predicted molar refractivity (Wildman–Crippen MR) is 213 cm³/mol. The molecule has 6 aromatic carbocycles. The first-order valence-corrected chi connectivity index (χ1v) is 17.4. The van der Waals surface area contributed by atoms with Crippen molar-refractivity contribution in [2.24, 2.45) is 0 Å². The molecule has 0 aliphatic carbocycles. The zero-order chi connectivity index (χ0) is 36.5. The molecule has 6 heteroatoms. The summed E-state index contributed by atoms with van der Waals surface area (Å²) in [6.45, 7) is -1.11. The molecule has 7 aromatic rings. The second-order valence-corrected chi connectivity index (χ2v) is 12.4. The van der Waals surface area contributed by atoms with Crippen LogP contribution in [0.4, 0.5) is 47.3 Å². The van der Waals surface area contributed by atoms with Crippen LogP contribution in [0.3, 0.4) is 0 Å². The number of alkyl halides is 3. The Balaban J connectivity index is 1.14. The fourth-order valence-corrected chi connectivity index (χ4v) is 6.26. The van der Waals surface area contributed by atoms with Gasteiger partial charge in [0.15, 0.2) is 0 Å².